The Bertz CT molecular complexity index is 545. The summed E-state index contributed by atoms with van der Waals surface area (Å²) in [6, 6.07) is 3.65. The van der Waals surface area contributed by atoms with Crippen LogP contribution in [-0.2, 0) is 13.0 Å². The van der Waals surface area contributed by atoms with E-state index in [-0.39, 0.29) is 17.6 Å². The summed E-state index contributed by atoms with van der Waals surface area (Å²) in [6.45, 7) is 4.53. The van der Waals surface area contributed by atoms with Gasteiger partial charge in [0.05, 0.1) is 12.0 Å². The van der Waals surface area contributed by atoms with Crippen LogP contribution in [0.4, 0.5) is 5.69 Å². The van der Waals surface area contributed by atoms with Crippen LogP contribution < -0.4 is 11.1 Å². The number of hydrogen-bond donors (Lipinski definition) is 2. The van der Waals surface area contributed by atoms with Gasteiger partial charge in [-0.1, -0.05) is 0 Å². The van der Waals surface area contributed by atoms with Gasteiger partial charge in [-0.2, -0.15) is 5.10 Å². The molecule has 0 aliphatic carbocycles. The lowest BCUT2D eigenvalue weighted by Crippen LogP contribution is -2.34. The monoisotopic (exact) mass is 262 g/mol. The standard InChI is InChI=1S/C13H18N4O2/c1-3-17-8-11(14)12(16-17)13(18)15-9(2)7-10-5-4-6-19-10/h4-6,8-9H,3,7,14H2,1-2H3,(H,15,18). The van der Waals surface area contributed by atoms with E-state index in [0.717, 1.165) is 5.76 Å². The van der Waals surface area contributed by atoms with Crippen LogP contribution in [0.2, 0.25) is 0 Å². The molecule has 0 aliphatic heterocycles. The fourth-order valence-corrected chi connectivity index (χ4v) is 1.85. The van der Waals surface area contributed by atoms with Crippen LogP contribution in [-0.4, -0.2) is 21.7 Å². The number of rotatable bonds is 5. The predicted molar refractivity (Wildman–Crippen MR) is 71.7 cm³/mol. The lowest BCUT2D eigenvalue weighted by Gasteiger charge is -2.11. The summed E-state index contributed by atoms with van der Waals surface area (Å²) < 4.78 is 6.88. The minimum absolute atomic E-state index is 0.0511. The molecule has 2 heterocycles. The van der Waals surface area contributed by atoms with E-state index in [4.69, 9.17) is 10.2 Å². The first-order valence-corrected chi connectivity index (χ1v) is 6.26. The highest BCUT2D eigenvalue weighted by molar-refractivity contribution is 5.97. The highest BCUT2D eigenvalue weighted by Gasteiger charge is 2.17. The van der Waals surface area contributed by atoms with Crippen LogP contribution >= 0.6 is 0 Å². The smallest absolute Gasteiger partial charge is 0.274 e. The first-order valence-electron chi connectivity index (χ1n) is 6.26. The Labute approximate surface area is 111 Å². The number of nitrogens with one attached hydrogen (secondary N) is 1. The number of furan rings is 1. The summed E-state index contributed by atoms with van der Waals surface area (Å²) in [4.78, 5) is 12.0. The number of aryl methyl sites for hydroxylation is 1. The molecule has 0 aliphatic rings. The molecule has 0 aromatic carbocycles. The molecule has 0 bridgehead atoms. The summed E-state index contributed by atoms with van der Waals surface area (Å²) in [6.07, 6.45) is 3.91. The van der Waals surface area contributed by atoms with Crippen LogP contribution in [0, 0.1) is 0 Å². The summed E-state index contributed by atoms with van der Waals surface area (Å²) in [5.41, 5.74) is 6.43. The van der Waals surface area contributed by atoms with Gasteiger partial charge in [0.2, 0.25) is 0 Å². The molecule has 2 aromatic rings. The Kier molecular flexibility index (Phi) is 3.89. The maximum Gasteiger partial charge on any atom is 0.274 e. The molecule has 19 heavy (non-hydrogen) atoms. The molecule has 0 radical (unpaired) electrons. The molecule has 0 spiro atoms. The number of nitrogens with zero attached hydrogens (tertiary/aromatic N) is 2. The van der Waals surface area contributed by atoms with Gasteiger partial charge in [-0.3, -0.25) is 9.48 Å². The van der Waals surface area contributed by atoms with Gasteiger partial charge < -0.3 is 15.5 Å². The lowest BCUT2D eigenvalue weighted by atomic mass is 10.2. The Morgan fingerprint density at radius 2 is 2.42 bits per heavy atom. The molecule has 0 saturated heterocycles. The van der Waals surface area contributed by atoms with Crippen LogP contribution in [0.15, 0.2) is 29.0 Å². The van der Waals surface area contributed by atoms with E-state index < -0.39 is 0 Å². The largest absolute Gasteiger partial charge is 0.469 e. The number of nitrogens with two attached hydrogens (primary N) is 1. The number of carbonyl (C=O) groups excluding carboxylic acids is 1. The zero-order valence-corrected chi connectivity index (χ0v) is 11.1. The minimum Gasteiger partial charge on any atom is -0.469 e. The molecule has 6 heteroatoms. The Hall–Kier alpha value is -2.24. The van der Waals surface area contributed by atoms with E-state index in [9.17, 15) is 4.79 Å². The van der Waals surface area contributed by atoms with Gasteiger partial charge in [0, 0.05) is 25.2 Å². The SMILES string of the molecule is CCn1cc(N)c(C(=O)NC(C)Cc2ccco2)n1. The highest BCUT2D eigenvalue weighted by atomic mass is 16.3. The zero-order valence-electron chi connectivity index (χ0n) is 11.1. The van der Waals surface area contributed by atoms with Gasteiger partial charge in [0.15, 0.2) is 5.69 Å². The molecule has 2 rings (SSSR count). The molecular formula is C13H18N4O2. The van der Waals surface area contributed by atoms with Crippen molar-refractivity contribution in [1.29, 1.82) is 0 Å². The second-order valence-electron chi connectivity index (χ2n) is 4.45. The predicted octanol–water partition coefficient (Wildman–Crippen LogP) is 1.44. The van der Waals surface area contributed by atoms with Crippen LogP contribution in [0.5, 0.6) is 0 Å². The molecule has 0 saturated carbocycles. The maximum absolute atomic E-state index is 12.0. The molecular weight excluding hydrogens is 244 g/mol. The first kappa shape index (κ1) is 13.2. The van der Waals surface area contributed by atoms with Crippen molar-refractivity contribution in [3.05, 3.63) is 36.0 Å². The average molecular weight is 262 g/mol. The number of amides is 1. The summed E-state index contributed by atoms with van der Waals surface area (Å²) in [5, 5.41) is 6.99. The Balaban J connectivity index is 1.98. The van der Waals surface area contributed by atoms with Crippen LogP contribution in [0.25, 0.3) is 0 Å². The van der Waals surface area contributed by atoms with Crippen molar-refractivity contribution >= 4 is 11.6 Å². The van der Waals surface area contributed by atoms with E-state index in [1.807, 2.05) is 26.0 Å². The third-order valence-corrected chi connectivity index (χ3v) is 2.79. The molecule has 1 unspecified atom stereocenters. The first-order chi connectivity index (χ1) is 9.10. The van der Waals surface area contributed by atoms with Crippen molar-refractivity contribution in [3.63, 3.8) is 0 Å². The minimum atomic E-state index is -0.260. The topological polar surface area (TPSA) is 86.1 Å². The molecule has 6 nitrogen and oxygen atoms in total. The Morgan fingerprint density at radius 1 is 1.63 bits per heavy atom. The number of anilines is 1. The molecule has 3 N–H and O–H groups in total. The van der Waals surface area contributed by atoms with Crippen LogP contribution in [0.3, 0.4) is 0 Å². The van der Waals surface area contributed by atoms with Crippen LogP contribution in [0.1, 0.15) is 30.1 Å². The number of nitrogen functional groups attached to an aromatic ring is 1. The summed E-state index contributed by atoms with van der Waals surface area (Å²) in [7, 11) is 0. The Morgan fingerprint density at radius 3 is 3.00 bits per heavy atom. The quantitative estimate of drug-likeness (QED) is 0.853. The molecule has 102 valence electrons. The third-order valence-electron chi connectivity index (χ3n) is 2.79. The summed E-state index contributed by atoms with van der Waals surface area (Å²) in [5.74, 6) is 0.573. The zero-order chi connectivity index (χ0) is 13.8. The molecule has 1 atom stereocenters. The van der Waals surface area contributed by atoms with E-state index in [0.29, 0.717) is 18.7 Å². The van der Waals surface area contributed by atoms with Crippen molar-refractivity contribution in [1.82, 2.24) is 15.1 Å². The van der Waals surface area contributed by atoms with E-state index in [1.54, 1.807) is 17.1 Å². The maximum atomic E-state index is 12.0. The number of carbonyl (C=O) groups is 1. The average Bonchev–Trinajstić information content (AvgIpc) is 2.98. The van der Waals surface area contributed by atoms with Crippen molar-refractivity contribution in [2.24, 2.45) is 0 Å². The van der Waals surface area contributed by atoms with E-state index >= 15 is 0 Å². The third kappa shape index (κ3) is 3.15. The second kappa shape index (κ2) is 5.60. The van der Waals surface area contributed by atoms with Crippen molar-refractivity contribution in [3.8, 4) is 0 Å². The molecule has 0 fully saturated rings. The van der Waals surface area contributed by atoms with Crippen molar-refractivity contribution in [2.45, 2.75) is 32.9 Å². The molecule has 1 amide bonds. The molecule has 2 aromatic heterocycles. The van der Waals surface area contributed by atoms with Gasteiger partial charge in [-0.15, -0.1) is 0 Å². The van der Waals surface area contributed by atoms with Gasteiger partial charge in [0.25, 0.3) is 5.91 Å². The van der Waals surface area contributed by atoms with Crippen molar-refractivity contribution in [2.75, 3.05) is 5.73 Å². The number of hydrogen-bond acceptors (Lipinski definition) is 4. The normalized spacial score (nSPS) is 12.3. The fourth-order valence-electron chi connectivity index (χ4n) is 1.85. The van der Waals surface area contributed by atoms with Crippen molar-refractivity contribution < 1.29 is 9.21 Å². The highest BCUT2D eigenvalue weighted by Crippen LogP contribution is 2.10. The lowest BCUT2D eigenvalue weighted by molar-refractivity contribution is 0.0934. The van der Waals surface area contributed by atoms with Gasteiger partial charge in [0.1, 0.15) is 5.76 Å². The van der Waals surface area contributed by atoms with E-state index in [1.165, 1.54) is 0 Å². The number of aromatic nitrogens is 2. The fraction of sp³-hybridized carbons (Fsp3) is 0.385. The van der Waals surface area contributed by atoms with E-state index in [2.05, 4.69) is 10.4 Å². The van der Waals surface area contributed by atoms with Gasteiger partial charge >= 0.3 is 0 Å². The van der Waals surface area contributed by atoms with Gasteiger partial charge in [-0.05, 0) is 26.0 Å². The van der Waals surface area contributed by atoms with Gasteiger partial charge in [-0.25, -0.2) is 0 Å². The second-order valence-corrected chi connectivity index (χ2v) is 4.45. The summed E-state index contributed by atoms with van der Waals surface area (Å²) >= 11 is 0.